The van der Waals surface area contributed by atoms with Gasteiger partial charge >= 0.3 is 0 Å². The largest absolute Gasteiger partial charge is 0.490 e. The number of nitro benzene ring substituents is 1. The Balaban J connectivity index is 1.51. The van der Waals surface area contributed by atoms with Gasteiger partial charge in [0.25, 0.3) is 11.6 Å². The number of allylic oxidation sites excluding steroid dienone is 1. The van der Waals surface area contributed by atoms with Crippen LogP contribution in [0.15, 0.2) is 78.4 Å². The summed E-state index contributed by atoms with van der Waals surface area (Å²) in [5, 5.41) is 16.4. The van der Waals surface area contributed by atoms with Crippen molar-refractivity contribution in [3.8, 4) is 11.5 Å². The SMILES string of the molecule is C=CCc1cc(/C=N\NC(=O)c2cc3cc([N+](=O)[O-])ccc3s2)cc(OCC)c1OCc1ccc(Cl)cc1. The Morgan fingerprint density at radius 3 is 2.66 bits per heavy atom. The normalized spacial score (nSPS) is 11.0. The first-order chi connectivity index (χ1) is 18.4. The molecule has 10 heteroatoms. The third-order valence-corrected chi connectivity index (χ3v) is 6.80. The van der Waals surface area contributed by atoms with Crippen molar-refractivity contribution < 1.29 is 19.2 Å². The van der Waals surface area contributed by atoms with Crippen molar-refractivity contribution in [3.05, 3.63) is 110 Å². The minimum Gasteiger partial charge on any atom is -0.490 e. The number of carbonyl (C=O) groups excluding carboxylic acids is 1. The molecule has 0 unspecified atom stereocenters. The van der Waals surface area contributed by atoms with Crippen LogP contribution in [0, 0.1) is 10.1 Å². The molecule has 0 spiro atoms. The zero-order valence-corrected chi connectivity index (χ0v) is 22.1. The number of halogens is 1. The van der Waals surface area contributed by atoms with Crippen LogP contribution < -0.4 is 14.9 Å². The first-order valence-electron chi connectivity index (χ1n) is 11.7. The minimum absolute atomic E-state index is 0.0266. The van der Waals surface area contributed by atoms with Gasteiger partial charge in [-0.2, -0.15) is 5.10 Å². The molecule has 0 saturated heterocycles. The number of rotatable bonds is 11. The number of hydrogen-bond donors (Lipinski definition) is 1. The molecule has 194 valence electrons. The van der Waals surface area contributed by atoms with Gasteiger partial charge in [0.15, 0.2) is 11.5 Å². The van der Waals surface area contributed by atoms with Gasteiger partial charge in [-0.25, -0.2) is 5.43 Å². The molecule has 1 amide bonds. The van der Waals surface area contributed by atoms with E-state index < -0.39 is 10.8 Å². The lowest BCUT2D eigenvalue weighted by Crippen LogP contribution is -2.16. The van der Waals surface area contributed by atoms with E-state index in [9.17, 15) is 14.9 Å². The maximum Gasteiger partial charge on any atom is 0.281 e. The molecule has 38 heavy (non-hydrogen) atoms. The number of thiophene rings is 1. The van der Waals surface area contributed by atoms with Gasteiger partial charge in [0.1, 0.15) is 6.61 Å². The van der Waals surface area contributed by atoms with Crippen LogP contribution in [0.1, 0.15) is 33.3 Å². The predicted molar refractivity (Wildman–Crippen MR) is 151 cm³/mol. The molecule has 0 aliphatic carbocycles. The van der Waals surface area contributed by atoms with E-state index in [1.54, 1.807) is 24.3 Å². The van der Waals surface area contributed by atoms with Crippen molar-refractivity contribution >= 4 is 50.8 Å². The molecule has 1 N–H and O–H groups in total. The average molecular weight is 550 g/mol. The van der Waals surface area contributed by atoms with Gasteiger partial charge in [-0.05, 0) is 60.9 Å². The van der Waals surface area contributed by atoms with Gasteiger partial charge < -0.3 is 9.47 Å². The third-order valence-electron chi connectivity index (χ3n) is 5.43. The maximum atomic E-state index is 12.6. The number of nitrogens with zero attached hydrogens (tertiary/aromatic N) is 2. The van der Waals surface area contributed by atoms with Crippen molar-refractivity contribution in [1.82, 2.24) is 5.43 Å². The van der Waals surface area contributed by atoms with Crippen LogP contribution >= 0.6 is 22.9 Å². The van der Waals surface area contributed by atoms with Gasteiger partial charge in [0.05, 0.1) is 22.6 Å². The molecule has 0 aliphatic heterocycles. The summed E-state index contributed by atoms with van der Waals surface area (Å²) in [5.41, 5.74) is 5.02. The van der Waals surface area contributed by atoms with E-state index in [1.807, 2.05) is 37.3 Å². The van der Waals surface area contributed by atoms with Crippen molar-refractivity contribution in [1.29, 1.82) is 0 Å². The highest BCUT2D eigenvalue weighted by molar-refractivity contribution is 7.20. The van der Waals surface area contributed by atoms with Crippen LogP contribution in [-0.2, 0) is 13.0 Å². The summed E-state index contributed by atoms with van der Waals surface area (Å²) in [6.07, 6.45) is 3.83. The first kappa shape index (κ1) is 26.8. The Bertz CT molecular complexity index is 1520. The molecule has 0 radical (unpaired) electrons. The Morgan fingerprint density at radius 1 is 1.16 bits per heavy atom. The van der Waals surface area contributed by atoms with Gasteiger partial charge in [0, 0.05) is 32.8 Å². The molecule has 0 atom stereocenters. The molecule has 1 aromatic heterocycles. The van der Waals surface area contributed by atoms with E-state index in [0.717, 1.165) is 15.8 Å². The van der Waals surface area contributed by atoms with Crippen LogP contribution in [0.4, 0.5) is 5.69 Å². The number of fused-ring (bicyclic) bond motifs is 1. The Labute approximate surface area is 228 Å². The number of amides is 1. The molecular weight excluding hydrogens is 526 g/mol. The second-order valence-electron chi connectivity index (χ2n) is 8.14. The smallest absolute Gasteiger partial charge is 0.281 e. The van der Waals surface area contributed by atoms with Crippen LogP contribution in [0.2, 0.25) is 5.02 Å². The highest BCUT2D eigenvalue weighted by Gasteiger charge is 2.15. The fourth-order valence-corrected chi connectivity index (χ4v) is 4.76. The number of non-ortho nitro benzene ring substituents is 1. The molecule has 4 rings (SSSR count). The molecule has 1 heterocycles. The van der Waals surface area contributed by atoms with E-state index in [1.165, 1.54) is 29.7 Å². The number of nitro groups is 1. The van der Waals surface area contributed by atoms with E-state index in [4.69, 9.17) is 21.1 Å². The number of hydrogen-bond acceptors (Lipinski definition) is 7. The molecule has 4 aromatic rings. The Kier molecular flexibility index (Phi) is 8.73. The second-order valence-corrected chi connectivity index (χ2v) is 9.66. The van der Waals surface area contributed by atoms with Crippen molar-refractivity contribution in [2.75, 3.05) is 6.61 Å². The van der Waals surface area contributed by atoms with Gasteiger partial charge in [0.2, 0.25) is 0 Å². The van der Waals surface area contributed by atoms with Crippen LogP contribution in [0.5, 0.6) is 11.5 Å². The predicted octanol–water partition coefficient (Wildman–Crippen LogP) is 6.93. The van der Waals surface area contributed by atoms with E-state index in [2.05, 4.69) is 17.1 Å². The standard InChI is InChI=1S/C28H24ClN3O5S/c1-3-5-20-12-19(13-24(36-4-2)27(20)37-17-18-6-8-22(29)9-7-18)16-30-31-28(33)26-15-21-14-23(32(34)35)10-11-25(21)38-26/h3,6-16H,1,4-5,17H2,2H3,(H,31,33)/b30-16-. The Hall–Kier alpha value is -4.21. The fourth-order valence-electron chi connectivity index (χ4n) is 3.70. The van der Waals surface area contributed by atoms with Crippen molar-refractivity contribution in [3.63, 3.8) is 0 Å². The summed E-state index contributed by atoms with van der Waals surface area (Å²) in [7, 11) is 0. The quantitative estimate of drug-likeness (QED) is 0.0945. The van der Waals surface area contributed by atoms with E-state index in [-0.39, 0.29) is 5.69 Å². The number of carbonyl (C=O) groups is 1. The summed E-state index contributed by atoms with van der Waals surface area (Å²) in [6.45, 7) is 6.50. The maximum absolute atomic E-state index is 12.6. The summed E-state index contributed by atoms with van der Waals surface area (Å²) in [5.74, 6) is 0.756. The lowest BCUT2D eigenvalue weighted by molar-refractivity contribution is -0.384. The molecule has 0 saturated carbocycles. The number of ether oxygens (including phenoxy) is 2. The molecular formula is C28H24ClN3O5S. The van der Waals surface area contributed by atoms with Gasteiger partial charge in [-0.15, -0.1) is 17.9 Å². The zero-order chi connectivity index (χ0) is 27.1. The molecule has 8 nitrogen and oxygen atoms in total. The summed E-state index contributed by atoms with van der Waals surface area (Å²) in [6, 6.07) is 17.2. The number of nitrogens with one attached hydrogen (secondary N) is 1. The topological polar surface area (TPSA) is 103 Å². The first-order valence-corrected chi connectivity index (χ1v) is 12.9. The molecule has 0 bridgehead atoms. The number of benzene rings is 3. The third kappa shape index (κ3) is 6.56. The Morgan fingerprint density at radius 2 is 1.95 bits per heavy atom. The van der Waals surface area contributed by atoms with Crippen molar-refractivity contribution in [2.45, 2.75) is 20.0 Å². The second kappa shape index (κ2) is 12.4. The summed E-state index contributed by atoms with van der Waals surface area (Å²) >= 11 is 7.21. The zero-order valence-electron chi connectivity index (χ0n) is 20.5. The van der Waals surface area contributed by atoms with Crippen molar-refractivity contribution in [2.24, 2.45) is 5.10 Å². The number of hydrazone groups is 1. The summed E-state index contributed by atoms with van der Waals surface area (Å²) in [4.78, 5) is 23.6. The lowest BCUT2D eigenvalue weighted by Gasteiger charge is -2.17. The summed E-state index contributed by atoms with van der Waals surface area (Å²) < 4.78 is 12.8. The van der Waals surface area contributed by atoms with Gasteiger partial charge in [-0.1, -0.05) is 29.8 Å². The van der Waals surface area contributed by atoms with E-state index >= 15 is 0 Å². The monoisotopic (exact) mass is 549 g/mol. The fraction of sp³-hybridized carbons (Fsp3) is 0.143. The van der Waals surface area contributed by atoms with E-state index in [0.29, 0.717) is 52.0 Å². The van der Waals surface area contributed by atoms with Crippen LogP contribution in [0.3, 0.4) is 0 Å². The lowest BCUT2D eigenvalue weighted by atomic mass is 10.1. The highest BCUT2D eigenvalue weighted by atomic mass is 35.5. The molecule has 0 fully saturated rings. The molecule has 0 aliphatic rings. The van der Waals surface area contributed by atoms with Crippen LogP contribution in [0.25, 0.3) is 10.1 Å². The molecule has 3 aromatic carbocycles. The minimum atomic E-state index is -0.466. The van der Waals surface area contributed by atoms with Crippen LogP contribution in [-0.4, -0.2) is 23.7 Å². The highest BCUT2D eigenvalue weighted by Crippen LogP contribution is 2.34. The van der Waals surface area contributed by atoms with Gasteiger partial charge in [-0.3, -0.25) is 14.9 Å². The average Bonchev–Trinajstić information content (AvgIpc) is 3.33.